The molecule has 5 heterocycles. The van der Waals surface area contributed by atoms with E-state index in [9.17, 15) is 0 Å². The van der Waals surface area contributed by atoms with Crippen LogP contribution in [-0.2, 0) is 14.2 Å². The number of hydrogen-bond acceptors (Lipinski definition) is 10. The second-order valence-electron chi connectivity index (χ2n) is 8.03. The molecule has 170 valence electrons. The number of ether oxygens (including phenoxy) is 3. The zero-order chi connectivity index (χ0) is 21.6. The number of rotatable bonds is 4. The van der Waals surface area contributed by atoms with Crippen molar-refractivity contribution in [2.75, 3.05) is 75.6 Å². The lowest BCUT2D eigenvalue weighted by molar-refractivity contribution is 0.122. The van der Waals surface area contributed by atoms with Gasteiger partial charge in [0.25, 0.3) is 0 Å². The van der Waals surface area contributed by atoms with Crippen molar-refractivity contribution in [1.82, 2.24) is 24.9 Å². The number of nitrogens with zero attached hydrogens (tertiary/aromatic N) is 7. The van der Waals surface area contributed by atoms with E-state index in [-0.39, 0.29) is 0 Å². The molecule has 2 aromatic rings. The summed E-state index contributed by atoms with van der Waals surface area (Å²) in [6.45, 7) is 7.33. The molecule has 0 bridgehead atoms. The van der Waals surface area contributed by atoms with E-state index in [0.29, 0.717) is 55.7 Å². The Bertz CT molecular complexity index is 933. The monoisotopic (exact) mass is 439 g/mol. The molecule has 0 aromatic carbocycles. The minimum Gasteiger partial charge on any atom is -0.381 e. The second-order valence-corrected chi connectivity index (χ2v) is 8.03. The third-order valence-electron chi connectivity index (χ3n) is 5.79. The summed E-state index contributed by atoms with van der Waals surface area (Å²) >= 11 is 0. The van der Waals surface area contributed by atoms with E-state index in [2.05, 4.69) is 20.9 Å². The van der Waals surface area contributed by atoms with Gasteiger partial charge >= 0.3 is 0 Å². The van der Waals surface area contributed by atoms with E-state index < -0.39 is 0 Å². The van der Waals surface area contributed by atoms with Crippen LogP contribution in [0.15, 0.2) is 17.8 Å². The van der Waals surface area contributed by atoms with Gasteiger partial charge in [-0.05, 0) is 31.4 Å². The predicted octanol–water partition coefficient (Wildman–Crippen LogP) is 1.59. The van der Waals surface area contributed by atoms with Crippen LogP contribution in [0, 0.1) is 0 Å². The van der Waals surface area contributed by atoms with Gasteiger partial charge in [0.15, 0.2) is 11.6 Å². The molecule has 32 heavy (non-hydrogen) atoms. The Balaban J connectivity index is 1.49. The van der Waals surface area contributed by atoms with Gasteiger partial charge in [0.05, 0.1) is 33.0 Å². The summed E-state index contributed by atoms with van der Waals surface area (Å²) in [5.41, 5.74) is 2.01. The highest BCUT2D eigenvalue weighted by atomic mass is 16.5. The van der Waals surface area contributed by atoms with E-state index in [1.165, 1.54) is 5.57 Å². The average Bonchev–Trinajstić information content (AvgIpc) is 3.14. The molecule has 5 rings (SSSR count). The van der Waals surface area contributed by atoms with E-state index >= 15 is 0 Å². The molecule has 0 N–H and O–H groups in total. The fourth-order valence-electron chi connectivity index (χ4n) is 4.01. The minimum absolute atomic E-state index is 0.565. The van der Waals surface area contributed by atoms with Crippen molar-refractivity contribution in [2.45, 2.75) is 19.3 Å². The van der Waals surface area contributed by atoms with Gasteiger partial charge in [0.2, 0.25) is 11.9 Å². The molecule has 0 saturated carbocycles. The average molecular weight is 440 g/mol. The summed E-state index contributed by atoms with van der Waals surface area (Å²) in [5.74, 6) is 2.58. The summed E-state index contributed by atoms with van der Waals surface area (Å²) in [5, 5.41) is 0. The molecule has 0 aliphatic carbocycles. The first-order chi connectivity index (χ1) is 15.8. The third kappa shape index (κ3) is 5.20. The Kier molecular flexibility index (Phi) is 6.80. The van der Waals surface area contributed by atoms with Crippen LogP contribution >= 0.6 is 0 Å². The molecule has 3 fully saturated rings. The van der Waals surface area contributed by atoms with Gasteiger partial charge in [0, 0.05) is 39.0 Å². The minimum atomic E-state index is 0.565. The molecule has 0 atom stereocenters. The maximum Gasteiger partial charge on any atom is 0.229 e. The summed E-state index contributed by atoms with van der Waals surface area (Å²) in [6, 6.07) is 1.86. The van der Waals surface area contributed by atoms with Crippen molar-refractivity contribution in [1.29, 1.82) is 0 Å². The molecule has 3 aliphatic rings. The highest BCUT2D eigenvalue weighted by molar-refractivity contribution is 5.57. The first-order valence-corrected chi connectivity index (χ1v) is 11.4. The van der Waals surface area contributed by atoms with E-state index in [4.69, 9.17) is 34.1 Å². The lowest BCUT2D eigenvalue weighted by Crippen LogP contribution is -2.37. The zero-order valence-electron chi connectivity index (χ0n) is 18.3. The second kappa shape index (κ2) is 10.3. The molecule has 10 heteroatoms. The molecular formula is C22H29N7O3. The Morgan fingerprint density at radius 2 is 1.44 bits per heavy atom. The molecule has 2 aromatic heterocycles. The van der Waals surface area contributed by atoms with Crippen molar-refractivity contribution in [3.8, 4) is 11.5 Å². The Labute approximate surface area is 187 Å². The molecule has 0 radical (unpaired) electrons. The number of anilines is 2. The molecule has 0 amide bonds. The summed E-state index contributed by atoms with van der Waals surface area (Å²) in [4.78, 5) is 27.9. The van der Waals surface area contributed by atoms with Crippen LogP contribution in [0.2, 0.25) is 0 Å². The molecule has 3 saturated heterocycles. The van der Waals surface area contributed by atoms with Crippen LogP contribution in [0.1, 0.15) is 25.1 Å². The van der Waals surface area contributed by atoms with Crippen molar-refractivity contribution in [2.24, 2.45) is 0 Å². The maximum atomic E-state index is 5.60. The molecule has 3 aliphatic heterocycles. The summed E-state index contributed by atoms with van der Waals surface area (Å²) in [6.07, 6.45) is 6.79. The largest absolute Gasteiger partial charge is 0.381 e. The topological polar surface area (TPSA) is 98.6 Å². The summed E-state index contributed by atoms with van der Waals surface area (Å²) in [7, 11) is 0. The Morgan fingerprint density at radius 1 is 0.719 bits per heavy atom. The van der Waals surface area contributed by atoms with Crippen molar-refractivity contribution < 1.29 is 14.2 Å². The number of aromatic nitrogens is 5. The predicted molar refractivity (Wildman–Crippen MR) is 120 cm³/mol. The first kappa shape index (κ1) is 21.2. The van der Waals surface area contributed by atoms with Crippen LogP contribution in [0.5, 0.6) is 0 Å². The lowest BCUT2D eigenvalue weighted by atomic mass is 10.1. The first-order valence-electron chi connectivity index (χ1n) is 11.4. The van der Waals surface area contributed by atoms with Crippen LogP contribution in [0.25, 0.3) is 17.6 Å². The van der Waals surface area contributed by atoms with Crippen LogP contribution in [0.4, 0.5) is 11.9 Å². The smallest absolute Gasteiger partial charge is 0.229 e. The van der Waals surface area contributed by atoms with Crippen molar-refractivity contribution >= 4 is 18.0 Å². The Morgan fingerprint density at radius 3 is 2.22 bits per heavy atom. The zero-order valence-corrected chi connectivity index (χ0v) is 18.3. The van der Waals surface area contributed by atoms with E-state index in [0.717, 1.165) is 58.7 Å². The van der Waals surface area contributed by atoms with E-state index in [1.807, 2.05) is 6.07 Å². The normalized spacial score (nSPS) is 21.6. The van der Waals surface area contributed by atoms with Gasteiger partial charge in [-0.3, -0.25) is 0 Å². The Hall–Kier alpha value is -2.69. The van der Waals surface area contributed by atoms with E-state index in [1.54, 1.807) is 6.20 Å². The van der Waals surface area contributed by atoms with Gasteiger partial charge in [-0.1, -0.05) is 5.57 Å². The third-order valence-corrected chi connectivity index (χ3v) is 5.79. The van der Waals surface area contributed by atoms with Gasteiger partial charge in [-0.25, -0.2) is 15.0 Å². The highest BCUT2D eigenvalue weighted by Gasteiger charge is 2.19. The van der Waals surface area contributed by atoms with Gasteiger partial charge in [-0.15, -0.1) is 0 Å². The SMILES string of the molecule is C(=C1\CCCOCC1)/c1nc(-c2ccnc(N3CCOCC3)n2)nc(N2CCOCC2)n1. The lowest BCUT2D eigenvalue weighted by Gasteiger charge is -2.27. The molecular weight excluding hydrogens is 410 g/mol. The fourth-order valence-corrected chi connectivity index (χ4v) is 4.01. The molecule has 0 spiro atoms. The van der Waals surface area contributed by atoms with Crippen LogP contribution < -0.4 is 9.80 Å². The van der Waals surface area contributed by atoms with Gasteiger partial charge in [0.1, 0.15) is 5.69 Å². The van der Waals surface area contributed by atoms with Crippen LogP contribution in [0.3, 0.4) is 0 Å². The van der Waals surface area contributed by atoms with Crippen molar-refractivity contribution in [3.05, 3.63) is 23.7 Å². The van der Waals surface area contributed by atoms with Crippen LogP contribution in [-0.4, -0.2) is 90.7 Å². The quantitative estimate of drug-likeness (QED) is 0.698. The number of morpholine rings is 2. The number of hydrogen-bond donors (Lipinski definition) is 0. The molecule has 0 unspecified atom stereocenters. The maximum absolute atomic E-state index is 5.60. The highest BCUT2D eigenvalue weighted by Crippen LogP contribution is 2.22. The van der Waals surface area contributed by atoms with Gasteiger partial charge in [-0.2, -0.15) is 9.97 Å². The summed E-state index contributed by atoms with van der Waals surface area (Å²) < 4.78 is 16.6. The van der Waals surface area contributed by atoms with Gasteiger partial charge < -0.3 is 24.0 Å². The van der Waals surface area contributed by atoms with Crippen molar-refractivity contribution in [3.63, 3.8) is 0 Å². The fraction of sp³-hybridized carbons (Fsp3) is 0.591. The standard InChI is InChI=1S/C22H29N7O3/c1-2-17(4-11-30-10-1)16-19-25-20(27-22(26-19)29-8-14-32-15-9-29)18-3-5-23-21(24-18)28-6-12-31-13-7-28/h3,5,16H,1-2,4,6-15H2/b17-16-. The molecule has 10 nitrogen and oxygen atoms in total.